The van der Waals surface area contributed by atoms with Crippen molar-refractivity contribution in [2.45, 2.75) is 12.5 Å². The minimum Gasteiger partial charge on any atom is -0.399 e. The smallest absolute Gasteiger partial charge is 0.231 e. The van der Waals surface area contributed by atoms with Gasteiger partial charge in [0, 0.05) is 18.4 Å². The third-order valence-electron chi connectivity index (χ3n) is 3.81. The van der Waals surface area contributed by atoms with Crippen molar-refractivity contribution in [3.63, 3.8) is 0 Å². The maximum atomic E-state index is 11.7. The molecule has 2 aromatic carbocycles. The number of rotatable bonds is 2. The molecule has 0 aliphatic carbocycles. The highest BCUT2D eigenvalue weighted by atomic mass is 16.2. The summed E-state index contributed by atoms with van der Waals surface area (Å²) in [6.07, 6.45) is 0.448. The van der Waals surface area contributed by atoms with Gasteiger partial charge in [0.15, 0.2) is 0 Å². The molecule has 1 atom stereocenters. The van der Waals surface area contributed by atoms with Gasteiger partial charge in [-0.2, -0.15) is 0 Å². The maximum Gasteiger partial charge on any atom is 0.231 e. The van der Waals surface area contributed by atoms with Crippen molar-refractivity contribution in [1.29, 1.82) is 0 Å². The van der Waals surface area contributed by atoms with Gasteiger partial charge in [0.1, 0.15) is 0 Å². The van der Waals surface area contributed by atoms with Crippen molar-refractivity contribution in [3.8, 4) is 0 Å². The number of hydrogen-bond acceptors (Lipinski definition) is 3. The number of nitrogens with two attached hydrogens (primary N) is 2. The van der Waals surface area contributed by atoms with Gasteiger partial charge in [-0.05, 0) is 34.9 Å². The molecule has 0 bridgehead atoms. The normalized spacial score (nSPS) is 15.3. The molecule has 102 valence electrons. The molecule has 4 heteroatoms. The van der Waals surface area contributed by atoms with Crippen molar-refractivity contribution in [2.24, 2.45) is 5.73 Å². The number of likely N-dealkylation sites (N-methyl/N-ethyl adjacent to an activating group) is 1. The molecule has 0 fully saturated rings. The maximum absolute atomic E-state index is 11.7. The SMILES string of the molecule is CN1C(=O)Cc2cc(C(N)c3cccc(N)c3)ccc21. The van der Waals surface area contributed by atoms with Gasteiger partial charge in [-0.3, -0.25) is 4.79 Å². The summed E-state index contributed by atoms with van der Waals surface area (Å²) in [7, 11) is 1.80. The number of nitrogen functional groups attached to an aromatic ring is 1. The second-order valence-electron chi connectivity index (χ2n) is 5.17. The molecule has 3 rings (SSSR count). The van der Waals surface area contributed by atoms with Gasteiger partial charge >= 0.3 is 0 Å². The van der Waals surface area contributed by atoms with Gasteiger partial charge in [0.25, 0.3) is 0 Å². The molecule has 1 amide bonds. The number of carbonyl (C=O) groups is 1. The molecule has 20 heavy (non-hydrogen) atoms. The predicted octanol–water partition coefficient (Wildman–Crippen LogP) is 1.84. The zero-order valence-corrected chi connectivity index (χ0v) is 11.3. The van der Waals surface area contributed by atoms with Crippen LogP contribution in [0.25, 0.3) is 0 Å². The molecule has 1 unspecified atom stereocenters. The minimum atomic E-state index is -0.232. The van der Waals surface area contributed by atoms with Crippen LogP contribution < -0.4 is 16.4 Å². The Morgan fingerprint density at radius 3 is 2.65 bits per heavy atom. The van der Waals surface area contributed by atoms with E-state index in [0.29, 0.717) is 12.1 Å². The first-order valence-electron chi connectivity index (χ1n) is 6.56. The van der Waals surface area contributed by atoms with Crippen molar-refractivity contribution in [2.75, 3.05) is 17.7 Å². The summed E-state index contributed by atoms with van der Waals surface area (Å²) in [6.45, 7) is 0. The van der Waals surface area contributed by atoms with Crippen LogP contribution in [-0.4, -0.2) is 13.0 Å². The summed E-state index contributed by atoms with van der Waals surface area (Å²) < 4.78 is 0. The largest absolute Gasteiger partial charge is 0.399 e. The summed E-state index contributed by atoms with van der Waals surface area (Å²) in [5.41, 5.74) is 16.8. The monoisotopic (exact) mass is 267 g/mol. The van der Waals surface area contributed by atoms with E-state index in [0.717, 1.165) is 22.4 Å². The lowest BCUT2D eigenvalue weighted by molar-refractivity contribution is -0.117. The van der Waals surface area contributed by atoms with Crippen LogP contribution in [0.5, 0.6) is 0 Å². The molecule has 0 spiro atoms. The zero-order chi connectivity index (χ0) is 14.3. The molecule has 1 heterocycles. The Hall–Kier alpha value is -2.33. The molecule has 0 saturated carbocycles. The van der Waals surface area contributed by atoms with Crippen LogP contribution in [0.2, 0.25) is 0 Å². The van der Waals surface area contributed by atoms with E-state index in [9.17, 15) is 4.79 Å². The van der Waals surface area contributed by atoms with E-state index in [1.165, 1.54) is 0 Å². The Bertz CT molecular complexity index is 681. The van der Waals surface area contributed by atoms with Gasteiger partial charge in [0.05, 0.1) is 12.5 Å². The van der Waals surface area contributed by atoms with Crippen LogP contribution in [0.4, 0.5) is 11.4 Å². The standard InChI is InChI=1S/C16H17N3O/c1-19-14-6-5-11(7-12(14)9-15(19)20)16(18)10-3-2-4-13(17)8-10/h2-8,16H,9,17-18H2,1H3. The minimum absolute atomic E-state index is 0.120. The lowest BCUT2D eigenvalue weighted by atomic mass is 9.97. The van der Waals surface area contributed by atoms with E-state index < -0.39 is 0 Å². The Labute approximate surface area is 118 Å². The molecule has 4 nitrogen and oxygen atoms in total. The first-order chi connectivity index (χ1) is 9.56. The zero-order valence-electron chi connectivity index (χ0n) is 11.3. The number of fused-ring (bicyclic) bond motifs is 1. The van der Waals surface area contributed by atoms with Gasteiger partial charge in [0.2, 0.25) is 5.91 Å². The highest BCUT2D eigenvalue weighted by Crippen LogP contribution is 2.31. The summed E-state index contributed by atoms with van der Waals surface area (Å²) in [5.74, 6) is 0.120. The number of benzene rings is 2. The fourth-order valence-corrected chi connectivity index (χ4v) is 2.63. The lowest BCUT2D eigenvalue weighted by Gasteiger charge is -2.15. The molecule has 1 aliphatic heterocycles. The third-order valence-corrected chi connectivity index (χ3v) is 3.81. The topological polar surface area (TPSA) is 72.3 Å². The average Bonchev–Trinajstić information content (AvgIpc) is 2.73. The van der Waals surface area contributed by atoms with Gasteiger partial charge < -0.3 is 16.4 Å². The number of anilines is 2. The first kappa shape index (κ1) is 12.7. The Morgan fingerprint density at radius 2 is 1.90 bits per heavy atom. The summed E-state index contributed by atoms with van der Waals surface area (Å²) >= 11 is 0. The van der Waals surface area contributed by atoms with E-state index in [4.69, 9.17) is 11.5 Å². The van der Waals surface area contributed by atoms with Crippen LogP contribution in [-0.2, 0) is 11.2 Å². The Morgan fingerprint density at radius 1 is 1.15 bits per heavy atom. The third kappa shape index (κ3) is 2.04. The summed E-state index contributed by atoms with van der Waals surface area (Å²) in [5, 5.41) is 0. The lowest BCUT2D eigenvalue weighted by Crippen LogP contribution is -2.20. The second kappa shape index (κ2) is 4.65. The van der Waals surface area contributed by atoms with Crippen LogP contribution >= 0.6 is 0 Å². The number of carbonyl (C=O) groups excluding carboxylic acids is 1. The van der Waals surface area contributed by atoms with E-state index in [-0.39, 0.29) is 11.9 Å². The molecule has 2 aromatic rings. The second-order valence-corrected chi connectivity index (χ2v) is 5.17. The van der Waals surface area contributed by atoms with Crippen LogP contribution in [0, 0.1) is 0 Å². The van der Waals surface area contributed by atoms with Crippen LogP contribution in [0.1, 0.15) is 22.7 Å². The van der Waals surface area contributed by atoms with Gasteiger partial charge in [-0.1, -0.05) is 24.3 Å². The fourth-order valence-electron chi connectivity index (χ4n) is 2.63. The van der Waals surface area contributed by atoms with Gasteiger partial charge in [-0.25, -0.2) is 0 Å². The van der Waals surface area contributed by atoms with Crippen molar-refractivity contribution in [3.05, 3.63) is 59.2 Å². The summed E-state index contributed by atoms with van der Waals surface area (Å²) in [4.78, 5) is 13.4. The fraction of sp³-hybridized carbons (Fsp3) is 0.188. The van der Waals surface area contributed by atoms with Crippen LogP contribution in [0.15, 0.2) is 42.5 Å². The van der Waals surface area contributed by atoms with Crippen molar-refractivity contribution in [1.82, 2.24) is 0 Å². The Balaban J connectivity index is 1.96. The molecule has 0 radical (unpaired) electrons. The number of hydrogen-bond donors (Lipinski definition) is 2. The van der Waals surface area contributed by atoms with Gasteiger partial charge in [-0.15, -0.1) is 0 Å². The average molecular weight is 267 g/mol. The van der Waals surface area contributed by atoms with E-state index >= 15 is 0 Å². The summed E-state index contributed by atoms with van der Waals surface area (Å²) in [6, 6.07) is 13.3. The molecular weight excluding hydrogens is 250 g/mol. The predicted molar refractivity (Wildman–Crippen MR) is 80.4 cm³/mol. The molecule has 0 aromatic heterocycles. The van der Waals surface area contributed by atoms with E-state index in [1.807, 2.05) is 42.5 Å². The molecule has 4 N–H and O–H groups in total. The molecular formula is C16H17N3O. The van der Waals surface area contributed by atoms with Crippen molar-refractivity contribution < 1.29 is 4.79 Å². The number of nitrogens with zero attached hydrogens (tertiary/aromatic N) is 1. The highest BCUT2D eigenvalue weighted by molar-refractivity contribution is 6.00. The van der Waals surface area contributed by atoms with Crippen molar-refractivity contribution >= 4 is 17.3 Å². The van der Waals surface area contributed by atoms with E-state index in [1.54, 1.807) is 11.9 Å². The van der Waals surface area contributed by atoms with E-state index in [2.05, 4.69) is 0 Å². The molecule has 0 saturated heterocycles. The number of amides is 1. The van der Waals surface area contributed by atoms with Crippen LogP contribution in [0.3, 0.4) is 0 Å². The first-order valence-corrected chi connectivity index (χ1v) is 6.56. The quantitative estimate of drug-likeness (QED) is 0.815. The molecule has 1 aliphatic rings. The highest BCUT2D eigenvalue weighted by Gasteiger charge is 2.24. The Kier molecular flexibility index (Phi) is 2.95.